The van der Waals surface area contributed by atoms with Gasteiger partial charge < -0.3 is 9.80 Å². The van der Waals surface area contributed by atoms with Crippen molar-refractivity contribution in [2.24, 2.45) is 0 Å². The highest BCUT2D eigenvalue weighted by molar-refractivity contribution is 5.94. The Kier molecular flexibility index (Phi) is 6.45. The number of carbonyl (C=O) groups is 1. The second kappa shape index (κ2) is 9.00. The van der Waals surface area contributed by atoms with Crippen LogP contribution < -0.4 is 4.90 Å². The summed E-state index contributed by atoms with van der Waals surface area (Å²) in [5, 5.41) is 0. The SMILES string of the molecule is CCN(CC)Cc1ccc(C(=O)N2CCN(c3ccccc3F)CC2)cc1. The number of hydrogen-bond donors (Lipinski definition) is 0. The van der Waals surface area contributed by atoms with Crippen molar-refractivity contribution >= 4 is 11.6 Å². The molecule has 0 aromatic heterocycles. The van der Waals surface area contributed by atoms with Gasteiger partial charge in [-0.25, -0.2) is 4.39 Å². The van der Waals surface area contributed by atoms with Crippen LogP contribution in [0.15, 0.2) is 48.5 Å². The third-order valence-corrected chi connectivity index (χ3v) is 5.26. The van der Waals surface area contributed by atoms with Gasteiger partial charge in [-0.05, 0) is 42.9 Å². The predicted octanol–water partition coefficient (Wildman–Crippen LogP) is 3.63. The van der Waals surface area contributed by atoms with Crippen molar-refractivity contribution in [3.05, 3.63) is 65.5 Å². The Balaban J connectivity index is 1.58. The van der Waals surface area contributed by atoms with Crippen LogP contribution in [-0.2, 0) is 6.54 Å². The average Bonchev–Trinajstić information content (AvgIpc) is 2.72. The normalized spacial score (nSPS) is 14.7. The van der Waals surface area contributed by atoms with Gasteiger partial charge in [-0.15, -0.1) is 0 Å². The number of piperazine rings is 1. The summed E-state index contributed by atoms with van der Waals surface area (Å²) in [4.78, 5) is 19.0. The number of rotatable bonds is 6. The predicted molar refractivity (Wildman–Crippen MR) is 108 cm³/mol. The molecule has 27 heavy (non-hydrogen) atoms. The summed E-state index contributed by atoms with van der Waals surface area (Å²) in [6.45, 7) is 9.75. The van der Waals surface area contributed by atoms with E-state index in [1.54, 1.807) is 12.1 Å². The summed E-state index contributed by atoms with van der Waals surface area (Å²) in [5.74, 6) is -0.154. The Morgan fingerprint density at radius 3 is 2.19 bits per heavy atom. The van der Waals surface area contributed by atoms with E-state index >= 15 is 0 Å². The fourth-order valence-corrected chi connectivity index (χ4v) is 3.50. The molecule has 1 aliphatic heterocycles. The van der Waals surface area contributed by atoms with Crippen LogP contribution >= 0.6 is 0 Å². The number of amides is 1. The Bertz CT molecular complexity index is 750. The van der Waals surface area contributed by atoms with Gasteiger partial charge in [0.05, 0.1) is 5.69 Å². The maximum absolute atomic E-state index is 13.9. The Hall–Kier alpha value is -2.40. The largest absolute Gasteiger partial charge is 0.366 e. The molecule has 2 aromatic rings. The van der Waals surface area contributed by atoms with Crippen molar-refractivity contribution < 1.29 is 9.18 Å². The van der Waals surface area contributed by atoms with Crippen molar-refractivity contribution in [3.8, 4) is 0 Å². The minimum absolute atomic E-state index is 0.0533. The summed E-state index contributed by atoms with van der Waals surface area (Å²) in [7, 11) is 0. The smallest absolute Gasteiger partial charge is 0.253 e. The first kappa shape index (κ1) is 19.4. The van der Waals surface area contributed by atoms with Crippen LogP contribution in [0.4, 0.5) is 10.1 Å². The fraction of sp³-hybridized carbons (Fsp3) is 0.409. The van der Waals surface area contributed by atoms with E-state index in [2.05, 4.69) is 18.7 Å². The first-order valence-corrected chi connectivity index (χ1v) is 9.72. The first-order valence-electron chi connectivity index (χ1n) is 9.72. The molecule has 5 heteroatoms. The molecule has 1 aliphatic rings. The van der Waals surface area contributed by atoms with E-state index < -0.39 is 0 Å². The standard InChI is InChI=1S/C22H28FN3O/c1-3-24(4-2)17-18-9-11-19(12-10-18)22(27)26-15-13-25(14-16-26)21-8-6-5-7-20(21)23/h5-12H,3-4,13-17H2,1-2H3. The topological polar surface area (TPSA) is 26.8 Å². The highest BCUT2D eigenvalue weighted by Gasteiger charge is 2.23. The van der Waals surface area contributed by atoms with Gasteiger partial charge in [0.1, 0.15) is 5.82 Å². The molecule has 3 rings (SSSR count). The summed E-state index contributed by atoms with van der Waals surface area (Å²) < 4.78 is 13.9. The molecule has 0 bridgehead atoms. The molecule has 0 atom stereocenters. The monoisotopic (exact) mass is 369 g/mol. The van der Waals surface area contributed by atoms with E-state index in [1.807, 2.05) is 40.1 Å². The van der Waals surface area contributed by atoms with Crippen LogP contribution in [0.1, 0.15) is 29.8 Å². The molecule has 4 nitrogen and oxygen atoms in total. The molecule has 0 spiro atoms. The van der Waals surface area contributed by atoms with Crippen molar-refractivity contribution in [1.29, 1.82) is 0 Å². The van der Waals surface area contributed by atoms with Crippen LogP contribution in [0.2, 0.25) is 0 Å². The third kappa shape index (κ3) is 4.66. The summed E-state index contributed by atoms with van der Waals surface area (Å²) in [5.41, 5.74) is 2.56. The second-order valence-electron chi connectivity index (χ2n) is 6.89. The Morgan fingerprint density at radius 1 is 0.963 bits per heavy atom. The molecule has 1 amide bonds. The van der Waals surface area contributed by atoms with Gasteiger partial charge in [0.25, 0.3) is 5.91 Å². The van der Waals surface area contributed by atoms with Gasteiger partial charge in [-0.2, -0.15) is 0 Å². The lowest BCUT2D eigenvalue weighted by atomic mass is 10.1. The van der Waals surface area contributed by atoms with E-state index in [0.29, 0.717) is 31.9 Å². The van der Waals surface area contributed by atoms with Gasteiger partial charge in [-0.3, -0.25) is 9.69 Å². The quantitative estimate of drug-likeness (QED) is 0.778. The molecule has 144 valence electrons. The molecular formula is C22H28FN3O. The molecule has 0 saturated carbocycles. The summed E-state index contributed by atoms with van der Waals surface area (Å²) in [6.07, 6.45) is 0. The van der Waals surface area contributed by atoms with Crippen LogP contribution in [0.25, 0.3) is 0 Å². The lowest BCUT2D eigenvalue weighted by Crippen LogP contribution is -2.49. The minimum Gasteiger partial charge on any atom is -0.366 e. The van der Waals surface area contributed by atoms with Gasteiger partial charge >= 0.3 is 0 Å². The van der Waals surface area contributed by atoms with Gasteiger partial charge in [0.15, 0.2) is 0 Å². The van der Waals surface area contributed by atoms with Crippen molar-refractivity contribution in [2.45, 2.75) is 20.4 Å². The van der Waals surface area contributed by atoms with Gasteiger partial charge in [-0.1, -0.05) is 38.1 Å². The van der Waals surface area contributed by atoms with Crippen molar-refractivity contribution in [1.82, 2.24) is 9.80 Å². The third-order valence-electron chi connectivity index (χ3n) is 5.26. The molecule has 1 saturated heterocycles. The number of para-hydroxylation sites is 1. The highest BCUT2D eigenvalue weighted by atomic mass is 19.1. The minimum atomic E-state index is -0.207. The maximum Gasteiger partial charge on any atom is 0.253 e. The van der Waals surface area contributed by atoms with Crippen LogP contribution in [0, 0.1) is 5.82 Å². The fourth-order valence-electron chi connectivity index (χ4n) is 3.50. The maximum atomic E-state index is 13.9. The molecular weight excluding hydrogens is 341 g/mol. The second-order valence-corrected chi connectivity index (χ2v) is 6.89. The van der Waals surface area contributed by atoms with E-state index in [-0.39, 0.29) is 11.7 Å². The molecule has 1 fully saturated rings. The van der Waals surface area contributed by atoms with Crippen LogP contribution in [0.3, 0.4) is 0 Å². The number of halogens is 1. The molecule has 0 N–H and O–H groups in total. The average molecular weight is 369 g/mol. The van der Waals surface area contributed by atoms with E-state index in [9.17, 15) is 9.18 Å². The summed E-state index contributed by atoms with van der Waals surface area (Å²) >= 11 is 0. The Morgan fingerprint density at radius 2 is 1.59 bits per heavy atom. The molecule has 0 unspecified atom stereocenters. The zero-order valence-corrected chi connectivity index (χ0v) is 16.2. The first-order chi connectivity index (χ1) is 13.1. The van der Waals surface area contributed by atoms with Gasteiger partial charge in [0, 0.05) is 38.3 Å². The van der Waals surface area contributed by atoms with Gasteiger partial charge in [0.2, 0.25) is 0 Å². The molecule has 2 aromatic carbocycles. The zero-order valence-electron chi connectivity index (χ0n) is 16.2. The molecule has 1 heterocycles. The van der Waals surface area contributed by atoms with Crippen molar-refractivity contribution in [2.75, 3.05) is 44.2 Å². The van der Waals surface area contributed by atoms with Crippen LogP contribution in [0.5, 0.6) is 0 Å². The zero-order chi connectivity index (χ0) is 19.2. The van der Waals surface area contributed by atoms with Crippen molar-refractivity contribution in [3.63, 3.8) is 0 Å². The number of benzene rings is 2. The van der Waals surface area contributed by atoms with E-state index in [1.165, 1.54) is 11.6 Å². The number of carbonyl (C=O) groups excluding carboxylic acids is 1. The summed E-state index contributed by atoms with van der Waals surface area (Å²) in [6, 6.07) is 14.7. The highest BCUT2D eigenvalue weighted by Crippen LogP contribution is 2.21. The Labute approximate surface area is 161 Å². The van der Waals surface area contributed by atoms with Crippen LogP contribution in [-0.4, -0.2) is 55.0 Å². The lowest BCUT2D eigenvalue weighted by molar-refractivity contribution is 0.0746. The number of hydrogen-bond acceptors (Lipinski definition) is 3. The van der Waals surface area contributed by atoms with E-state index in [4.69, 9.17) is 0 Å². The number of nitrogens with zero attached hydrogens (tertiary/aromatic N) is 3. The van der Waals surface area contributed by atoms with E-state index in [0.717, 1.165) is 25.2 Å². The molecule has 0 aliphatic carbocycles. The lowest BCUT2D eigenvalue weighted by Gasteiger charge is -2.36. The molecule has 0 radical (unpaired) electrons. The number of anilines is 1.